The molecule has 0 saturated heterocycles. The zero-order valence-electron chi connectivity index (χ0n) is 10.2. The van der Waals surface area contributed by atoms with Gasteiger partial charge in [0, 0.05) is 0 Å². The molecule has 0 heterocycles. The van der Waals surface area contributed by atoms with E-state index in [1.807, 2.05) is 6.07 Å². The Morgan fingerprint density at radius 1 is 1.25 bits per heavy atom. The van der Waals surface area contributed by atoms with Crippen molar-refractivity contribution in [1.82, 2.24) is 0 Å². The Balaban J connectivity index is 2.42. The number of nitrogens with one attached hydrogen (secondary N) is 1. The molecule has 0 spiro atoms. The number of hydrogen-bond acceptors (Lipinski definition) is 4. The zero-order chi connectivity index (χ0) is 14.7. The van der Waals surface area contributed by atoms with E-state index in [4.69, 9.17) is 16.1 Å². The average molecular weight is 271 g/mol. The highest BCUT2D eigenvalue weighted by molar-refractivity contribution is 5.91. The molecule has 2 aromatic rings. The number of nitrogens with two attached hydrogens (primary N) is 1. The maximum atomic E-state index is 13.0. The third-order valence-corrected chi connectivity index (χ3v) is 2.67. The SMILES string of the molecule is N#Cc1cc(F)ccc1Nc1cc(C(=O)O)ccc1N. The summed E-state index contributed by atoms with van der Waals surface area (Å²) in [6.45, 7) is 0. The molecular weight excluding hydrogens is 261 g/mol. The summed E-state index contributed by atoms with van der Waals surface area (Å²) in [6.07, 6.45) is 0. The molecule has 0 aromatic heterocycles. The van der Waals surface area contributed by atoms with E-state index in [0.717, 1.165) is 6.07 Å². The smallest absolute Gasteiger partial charge is 0.335 e. The van der Waals surface area contributed by atoms with Crippen LogP contribution in [0.25, 0.3) is 0 Å². The highest BCUT2D eigenvalue weighted by atomic mass is 19.1. The van der Waals surface area contributed by atoms with E-state index in [1.54, 1.807) is 0 Å². The highest BCUT2D eigenvalue weighted by Crippen LogP contribution is 2.26. The van der Waals surface area contributed by atoms with Crippen LogP contribution in [0, 0.1) is 17.1 Å². The fourth-order valence-corrected chi connectivity index (χ4v) is 1.66. The van der Waals surface area contributed by atoms with E-state index >= 15 is 0 Å². The Morgan fingerprint density at radius 3 is 2.65 bits per heavy atom. The summed E-state index contributed by atoms with van der Waals surface area (Å²) in [4.78, 5) is 10.9. The van der Waals surface area contributed by atoms with Gasteiger partial charge in [0.2, 0.25) is 0 Å². The maximum Gasteiger partial charge on any atom is 0.335 e. The van der Waals surface area contributed by atoms with Gasteiger partial charge in [0.05, 0.1) is 28.2 Å². The lowest BCUT2D eigenvalue weighted by Crippen LogP contribution is -2.02. The molecule has 0 unspecified atom stereocenters. The van der Waals surface area contributed by atoms with Gasteiger partial charge in [-0.2, -0.15) is 5.26 Å². The van der Waals surface area contributed by atoms with Gasteiger partial charge in [-0.25, -0.2) is 9.18 Å². The first-order valence-electron chi connectivity index (χ1n) is 5.61. The number of benzene rings is 2. The lowest BCUT2D eigenvalue weighted by Gasteiger charge is -2.11. The summed E-state index contributed by atoms with van der Waals surface area (Å²) >= 11 is 0. The van der Waals surface area contributed by atoms with Gasteiger partial charge in [-0.05, 0) is 36.4 Å². The lowest BCUT2D eigenvalue weighted by molar-refractivity contribution is 0.0697. The summed E-state index contributed by atoms with van der Waals surface area (Å²) in [5.74, 6) is -1.62. The molecule has 100 valence electrons. The van der Waals surface area contributed by atoms with Crippen molar-refractivity contribution in [2.75, 3.05) is 11.1 Å². The predicted octanol–water partition coefficient (Wildman–Crippen LogP) is 2.72. The third kappa shape index (κ3) is 2.67. The Morgan fingerprint density at radius 2 is 2.00 bits per heavy atom. The number of nitriles is 1. The van der Waals surface area contributed by atoms with Gasteiger partial charge in [0.25, 0.3) is 0 Å². The second-order valence-corrected chi connectivity index (χ2v) is 4.03. The Hall–Kier alpha value is -3.07. The van der Waals surface area contributed by atoms with Crippen molar-refractivity contribution in [2.45, 2.75) is 0 Å². The Kier molecular flexibility index (Phi) is 3.53. The van der Waals surface area contributed by atoms with Crippen molar-refractivity contribution < 1.29 is 14.3 Å². The number of halogens is 1. The monoisotopic (exact) mass is 271 g/mol. The molecule has 6 heteroatoms. The van der Waals surface area contributed by atoms with E-state index in [0.29, 0.717) is 17.1 Å². The van der Waals surface area contributed by atoms with Crippen molar-refractivity contribution in [1.29, 1.82) is 5.26 Å². The number of carbonyl (C=O) groups is 1. The van der Waals surface area contributed by atoms with Crippen LogP contribution in [-0.4, -0.2) is 11.1 Å². The first kappa shape index (κ1) is 13.4. The molecule has 5 nitrogen and oxygen atoms in total. The van der Waals surface area contributed by atoms with E-state index in [2.05, 4.69) is 5.32 Å². The van der Waals surface area contributed by atoms with Crippen LogP contribution in [-0.2, 0) is 0 Å². The third-order valence-electron chi connectivity index (χ3n) is 2.67. The molecule has 2 aromatic carbocycles. The number of carboxylic acid groups (broad SMARTS) is 1. The predicted molar refractivity (Wildman–Crippen MR) is 72.2 cm³/mol. The highest BCUT2D eigenvalue weighted by Gasteiger charge is 2.09. The second kappa shape index (κ2) is 5.28. The van der Waals surface area contributed by atoms with Crippen LogP contribution >= 0.6 is 0 Å². The van der Waals surface area contributed by atoms with E-state index in [1.165, 1.54) is 30.3 Å². The van der Waals surface area contributed by atoms with Crippen LogP contribution in [0.3, 0.4) is 0 Å². The first-order valence-corrected chi connectivity index (χ1v) is 5.61. The van der Waals surface area contributed by atoms with Crippen LogP contribution < -0.4 is 11.1 Å². The number of rotatable bonds is 3. The largest absolute Gasteiger partial charge is 0.478 e. The van der Waals surface area contributed by atoms with Gasteiger partial charge >= 0.3 is 5.97 Å². The van der Waals surface area contributed by atoms with E-state index in [9.17, 15) is 9.18 Å². The Labute approximate surface area is 114 Å². The molecule has 0 saturated carbocycles. The topological polar surface area (TPSA) is 99.1 Å². The molecule has 4 N–H and O–H groups in total. The Bertz CT molecular complexity index is 723. The zero-order valence-corrected chi connectivity index (χ0v) is 10.2. The fraction of sp³-hybridized carbons (Fsp3) is 0. The minimum Gasteiger partial charge on any atom is -0.478 e. The van der Waals surface area contributed by atoms with Crippen molar-refractivity contribution >= 4 is 23.0 Å². The van der Waals surface area contributed by atoms with Gasteiger partial charge in [-0.1, -0.05) is 0 Å². The molecule has 20 heavy (non-hydrogen) atoms. The number of aromatic carboxylic acids is 1. The van der Waals surface area contributed by atoms with E-state index < -0.39 is 11.8 Å². The molecule has 0 amide bonds. The molecule has 2 rings (SSSR count). The van der Waals surface area contributed by atoms with E-state index in [-0.39, 0.29) is 11.1 Å². The number of nitrogen functional groups attached to an aromatic ring is 1. The molecule has 0 aliphatic carbocycles. The molecule has 0 aliphatic rings. The van der Waals surface area contributed by atoms with Crippen LogP contribution in [0.4, 0.5) is 21.5 Å². The minimum atomic E-state index is -1.09. The number of nitrogens with zero attached hydrogens (tertiary/aromatic N) is 1. The van der Waals surface area contributed by atoms with Crippen molar-refractivity contribution in [3.05, 3.63) is 53.3 Å². The summed E-state index contributed by atoms with van der Waals surface area (Å²) in [5.41, 5.74) is 6.92. The number of hydrogen-bond donors (Lipinski definition) is 3. The van der Waals surface area contributed by atoms with Crippen LogP contribution in [0.2, 0.25) is 0 Å². The molecule has 0 bridgehead atoms. The number of anilines is 3. The summed E-state index contributed by atoms with van der Waals surface area (Å²) < 4.78 is 13.0. The molecule has 0 aliphatic heterocycles. The van der Waals surface area contributed by atoms with Gasteiger partial charge < -0.3 is 16.2 Å². The molecular formula is C14H10FN3O2. The van der Waals surface area contributed by atoms with Crippen LogP contribution in [0.15, 0.2) is 36.4 Å². The van der Waals surface area contributed by atoms with Gasteiger partial charge in [-0.15, -0.1) is 0 Å². The maximum absolute atomic E-state index is 13.0. The van der Waals surface area contributed by atoms with Crippen molar-refractivity contribution in [2.24, 2.45) is 0 Å². The number of carboxylic acids is 1. The summed E-state index contributed by atoms with van der Waals surface area (Å²) in [5, 5.41) is 20.7. The first-order chi connectivity index (χ1) is 9.51. The average Bonchev–Trinajstić information content (AvgIpc) is 2.42. The van der Waals surface area contributed by atoms with Crippen LogP contribution in [0.1, 0.15) is 15.9 Å². The van der Waals surface area contributed by atoms with Crippen molar-refractivity contribution in [3.8, 4) is 6.07 Å². The van der Waals surface area contributed by atoms with Gasteiger partial charge in [0.1, 0.15) is 11.9 Å². The van der Waals surface area contributed by atoms with Gasteiger partial charge in [-0.3, -0.25) is 0 Å². The summed E-state index contributed by atoms with van der Waals surface area (Å²) in [6, 6.07) is 9.69. The quantitative estimate of drug-likeness (QED) is 0.745. The van der Waals surface area contributed by atoms with Crippen molar-refractivity contribution in [3.63, 3.8) is 0 Å². The normalized spacial score (nSPS) is 9.80. The molecule has 0 atom stereocenters. The van der Waals surface area contributed by atoms with Gasteiger partial charge in [0.15, 0.2) is 0 Å². The molecule has 0 radical (unpaired) electrons. The second-order valence-electron chi connectivity index (χ2n) is 4.03. The minimum absolute atomic E-state index is 0.0577. The van der Waals surface area contributed by atoms with Crippen LogP contribution in [0.5, 0.6) is 0 Å². The lowest BCUT2D eigenvalue weighted by atomic mass is 10.1. The fourth-order valence-electron chi connectivity index (χ4n) is 1.66. The molecule has 0 fully saturated rings. The summed E-state index contributed by atoms with van der Waals surface area (Å²) in [7, 11) is 0. The standard InChI is InChI=1S/C14H10FN3O2/c15-10-2-4-12(9(5-10)7-16)18-13-6-8(14(19)20)1-3-11(13)17/h1-6,18H,17H2,(H,19,20).